The first-order chi connectivity index (χ1) is 10.1. The zero-order chi connectivity index (χ0) is 15.2. The molecule has 1 fully saturated rings. The molecule has 2 N–H and O–H groups in total. The minimum Gasteiger partial charge on any atom is -0.453 e. The molecule has 1 aromatic heterocycles. The fourth-order valence-electron chi connectivity index (χ4n) is 2.59. The monoisotopic (exact) mass is 292 g/mol. The maximum absolute atomic E-state index is 11.2. The Kier molecular flexibility index (Phi) is 5.38. The first kappa shape index (κ1) is 15.6. The van der Waals surface area contributed by atoms with Gasteiger partial charge < -0.3 is 20.3 Å². The molecule has 0 aromatic carbocycles. The number of methoxy groups -OCH3 is 1. The molecule has 1 aliphatic heterocycles. The van der Waals surface area contributed by atoms with E-state index in [4.69, 9.17) is 0 Å². The number of rotatable bonds is 5. The molecule has 0 bridgehead atoms. The zero-order valence-corrected chi connectivity index (χ0v) is 12.9. The summed E-state index contributed by atoms with van der Waals surface area (Å²) in [6.07, 6.45) is 2.46. The van der Waals surface area contributed by atoms with Gasteiger partial charge in [0.15, 0.2) is 0 Å². The van der Waals surface area contributed by atoms with E-state index < -0.39 is 0 Å². The molecule has 0 saturated carbocycles. The van der Waals surface area contributed by atoms with Crippen molar-refractivity contribution in [2.24, 2.45) is 0 Å². The summed E-state index contributed by atoms with van der Waals surface area (Å²) in [6.45, 7) is 6.83. The van der Waals surface area contributed by atoms with E-state index in [-0.39, 0.29) is 18.2 Å². The highest BCUT2D eigenvalue weighted by Crippen LogP contribution is 2.21. The fraction of sp³-hybridized carbons (Fsp3) is 0.600. The molecule has 6 nitrogen and oxygen atoms in total. The Morgan fingerprint density at radius 3 is 3.00 bits per heavy atom. The van der Waals surface area contributed by atoms with E-state index in [1.165, 1.54) is 7.11 Å². The minimum absolute atomic E-state index is 0.137. The van der Waals surface area contributed by atoms with E-state index in [0.717, 1.165) is 37.4 Å². The van der Waals surface area contributed by atoms with Crippen LogP contribution in [0.3, 0.4) is 0 Å². The van der Waals surface area contributed by atoms with Crippen LogP contribution >= 0.6 is 0 Å². The van der Waals surface area contributed by atoms with Gasteiger partial charge in [0.25, 0.3) is 0 Å². The van der Waals surface area contributed by atoms with Crippen LogP contribution in [0.5, 0.6) is 0 Å². The number of aromatic nitrogens is 1. The molecule has 21 heavy (non-hydrogen) atoms. The SMILES string of the molecule is CCNC(C)c1ccc(N2CCC(NC(=O)OC)C2)cn1. The van der Waals surface area contributed by atoms with Crippen molar-refractivity contribution in [3.63, 3.8) is 0 Å². The highest BCUT2D eigenvalue weighted by molar-refractivity contribution is 5.67. The molecule has 0 spiro atoms. The summed E-state index contributed by atoms with van der Waals surface area (Å²) in [5.41, 5.74) is 2.14. The molecule has 1 aliphatic rings. The number of hydrogen-bond donors (Lipinski definition) is 2. The van der Waals surface area contributed by atoms with Crippen LogP contribution in [-0.2, 0) is 4.74 Å². The summed E-state index contributed by atoms with van der Waals surface area (Å²) in [5.74, 6) is 0. The maximum atomic E-state index is 11.2. The van der Waals surface area contributed by atoms with Crippen molar-refractivity contribution in [2.45, 2.75) is 32.4 Å². The number of hydrogen-bond acceptors (Lipinski definition) is 5. The van der Waals surface area contributed by atoms with Gasteiger partial charge in [0, 0.05) is 19.1 Å². The molecule has 1 saturated heterocycles. The predicted octanol–water partition coefficient (Wildman–Crippen LogP) is 1.69. The van der Waals surface area contributed by atoms with Gasteiger partial charge in [0.2, 0.25) is 0 Å². The summed E-state index contributed by atoms with van der Waals surface area (Å²) < 4.78 is 4.63. The lowest BCUT2D eigenvalue weighted by Crippen LogP contribution is -2.36. The number of amides is 1. The highest BCUT2D eigenvalue weighted by atomic mass is 16.5. The quantitative estimate of drug-likeness (QED) is 0.864. The molecule has 6 heteroatoms. The van der Waals surface area contributed by atoms with Crippen LogP contribution in [0.1, 0.15) is 32.0 Å². The standard InChI is InChI=1S/C15H24N4O2/c1-4-16-11(2)14-6-5-13(9-17-14)19-8-7-12(10-19)18-15(20)21-3/h5-6,9,11-12,16H,4,7-8,10H2,1-3H3,(H,18,20). The third-order valence-corrected chi connectivity index (χ3v) is 3.79. The molecule has 116 valence electrons. The molecule has 2 rings (SSSR count). The van der Waals surface area contributed by atoms with Crippen LogP contribution in [-0.4, -0.2) is 43.9 Å². The number of nitrogens with zero attached hydrogens (tertiary/aromatic N) is 2. The van der Waals surface area contributed by atoms with Gasteiger partial charge in [-0.2, -0.15) is 0 Å². The average Bonchev–Trinajstić information content (AvgIpc) is 2.96. The van der Waals surface area contributed by atoms with Gasteiger partial charge in [-0.25, -0.2) is 4.79 Å². The van der Waals surface area contributed by atoms with Crippen molar-refractivity contribution in [1.82, 2.24) is 15.6 Å². The van der Waals surface area contributed by atoms with Gasteiger partial charge in [-0.1, -0.05) is 6.92 Å². The third kappa shape index (κ3) is 4.07. The predicted molar refractivity (Wildman–Crippen MR) is 82.5 cm³/mol. The van der Waals surface area contributed by atoms with E-state index in [0.29, 0.717) is 0 Å². The second kappa shape index (κ2) is 7.26. The second-order valence-corrected chi connectivity index (χ2v) is 5.29. The van der Waals surface area contributed by atoms with E-state index in [9.17, 15) is 4.79 Å². The van der Waals surface area contributed by atoms with Gasteiger partial charge in [0.1, 0.15) is 0 Å². The van der Waals surface area contributed by atoms with E-state index in [1.807, 2.05) is 6.20 Å². The minimum atomic E-state index is -0.366. The summed E-state index contributed by atoms with van der Waals surface area (Å²) >= 11 is 0. The molecule has 0 radical (unpaired) electrons. The van der Waals surface area contributed by atoms with E-state index in [1.54, 1.807) is 0 Å². The Bertz CT molecular complexity index is 463. The average molecular weight is 292 g/mol. The van der Waals surface area contributed by atoms with Crippen molar-refractivity contribution >= 4 is 11.8 Å². The smallest absolute Gasteiger partial charge is 0.407 e. The number of pyridine rings is 1. The van der Waals surface area contributed by atoms with Gasteiger partial charge in [-0.05, 0) is 32.0 Å². The Morgan fingerprint density at radius 1 is 1.57 bits per heavy atom. The van der Waals surface area contributed by atoms with Crippen LogP contribution in [0.4, 0.5) is 10.5 Å². The van der Waals surface area contributed by atoms with Crippen molar-refractivity contribution in [2.75, 3.05) is 31.6 Å². The molecule has 2 unspecified atom stereocenters. The molecule has 1 amide bonds. The summed E-state index contributed by atoms with van der Waals surface area (Å²) in [5, 5.41) is 6.19. The van der Waals surface area contributed by atoms with Crippen LogP contribution < -0.4 is 15.5 Å². The molecule has 2 atom stereocenters. The number of anilines is 1. The van der Waals surface area contributed by atoms with Crippen molar-refractivity contribution in [3.05, 3.63) is 24.0 Å². The molecular formula is C15H24N4O2. The van der Waals surface area contributed by atoms with Crippen LogP contribution in [0.2, 0.25) is 0 Å². The van der Waals surface area contributed by atoms with E-state index >= 15 is 0 Å². The van der Waals surface area contributed by atoms with Gasteiger partial charge >= 0.3 is 6.09 Å². The lowest BCUT2D eigenvalue weighted by atomic mass is 10.2. The Morgan fingerprint density at radius 2 is 2.38 bits per heavy atom. The first-order valence-corrected chi connectivity index (χ1v) is 7.42. The zero-order valence-electron chi connectivity index (χ0n) is 12.9. The number of ether oxygens (including phenoxy) is 1. The summed E-state index contributed by atoms with van der Waals surface area (Å²) in [6, 6.07) is 4.55. The second-order valence-electron chi connectivity index (χ2n) is 5.29. The Hall–Kier alpha value is -1.82. The molecular weight excluding hydrogens is 268 g/mol. The lowest BCUT2D eigenvalue weighted by molar-refractivity contribution is 0.167. The Labute approximate surface area is 125 Å². The molecule has 1 aromatic rings. The summed E-state index contributed by atoms with van der Waals surface area (Å²) in [7, 11) is 1.39. The number of alkyl carbamates (subject to hydrolysis) is 1. The third-order valence-electron chi connectivity index (χ3n) is 3.79. The first-order valence-electron chi connectivity index (χ1n) is 7.42. The van der Waals surface area contributed by atoms with E-state index in [2.05, 4.69) is 51.2 Å². The normalized spacial score (nSPS) is 19.4. The summed E-state index contributed by atoms with van der Waals surface area (Å²) in [4.78, 5) is 18.0. The number of carbonyl (C=O) groups is 1. The fourth-order valence-corrected chi connectivity index (χ4v) is 2.59. The van der Waals surface area contributed by atoms with Gasteiger partial charge in [0.05, 0.1) is 30.7 Å². The lowest BCUT2D eigenvalue weighted by Gasteiger charge is -2.19. The largest absolute Gasteiger partial charge is 0.453 e. The van der Waals surface area contributed by atoms with Crippen LogP contribution in [0, 0.1) is 0 Å². The molecule has 2 heterocycles. The van der Waals surface area contributed by atoms with Crippen molar-refractivity contribution < 1.29 is 9.53 Å². The topological polar surface area (TPSA) is 66.5 Å². The Balaban J connectivity index is 1.92. The molecule has 0 aliphatic carbocycles. The van der Waals surface area contributed by atoms with Crippen molar-refractivity contribution in [1.29, 1.82) is 0 Å². The number of carbonyl (C=O) groups excluding carboxylic acids is 1. The van der Waals surface area contributed by atoms with Crippen molar-refractivity contribution in [3.8, 4) is 0 Å². The van der Waals surface area contributed by atoms with Crippen LogP contribution in [0.15, 0.2) is 18.3 Å². The van der Waals surface area contributed by atoms with Gasteiger partial charge in [-0.3, -0.25) is 4.98 Å². The highest BCUT2D eigenvalue weighted by Gasteiger charge is 2.24. The number of nitrogens with one attached hydrogen (secondary N) is 2. The van der Waals surface area contributed by atoms with Gasteiger partial charge in [-0.15, -0.1) is 0 Å². The maximum Gasteiger partial charge on any atom is 0.407 e. The van der Waals surface area contributed by atoms with Crippen LogP contribution in [0.25, 0.3) is 0 Å².